The summed E-state index contributed by atoms with van der Waals surface area (Å²) in [6.07, 6.45) is 5.51. The normalized spacial score (nSPS) is 21.0. The van der Waals surface area contributed by atoms with Crippen LogP contribution in [0.15, 0.2) is 28.8 Å². The number of rotatable bonds is 4. The number of carbonyl (C=O) groups is 2. The van der Waals surface area contributed by atoms with Crippen molar-refractivity contribution in [2.45, 2.75) is 45.1 Å². The maximum Gasteiger partial charge on any atom is 0.249 e. The van der Waals surface area contributed by atoms with Gasteiger partial charge in [0.05, 0.1) is 0 Å². The average Bonchev–Trinajstić information content (AvgIpc) is 3.19. The van der Waals surface area contributed by atoms with Gasteiger partial charge in [-0.25, -0.2) is 0 Å². The molecule has 0 bridgehead atoms. The Morgan fingerprint density at radius 3 is 2.50 bits per heavy atom. The number of hydrogen-bond donors (Lipinski definition) is 0. The summed E-state index contributed by atoms with van der Waals surface area (Å²) >= 11 is 0. The van der Waals surface area contributed by atoms with Crippen molar-refractivity contribution in [3.63, 3.8) is 0 Å². The molecule has 2 fully saturated rings. The van der Waals surface area contributed by atoms with Crippen LogP contribution >= 0.6 is 0 Å². The maximum absolute atomic E-state index is 13.2. The monoisotopic (exact) mass is 382 g/mol. The van der Waals surface area contributed by atoms with E-state index in [0.717, 1.165) is 63.7 Å². The molecule has 1 aromatic heterocycles. The third kappa shape index (κ3) is 3.79. The molecule has 0 spiro atoms. The second-order valence-electron chi connectivity index (χ2n) is 7.69. The number of hydrogen-bond acceptors (Lipinski definition) is 6. The first kappa shape index (κ1) is 18.7. The largest absolute Gasteiger partial charge is 0.371 e. The number of benzene rings is 1. The Kier molecular flexibility index (Phi) is 5.41. The lowest BCUT2D eigenvalue weighted by Crippen LogP contribution is -2.45. The fraction of sp³-hybridized carbons (Fsp3) is 0.524. The first-order valence-electron chi connectivity index (χ1n) is 10.1. The number of aromatic nitrogens is 2. The van der Waals surface area contributed by atoms with Crippen LogP contribution in [-0.2, 0) is 4.79 Å². The maximum atomic E-state index is 13.2. The lowest BCUT2D eigenvalue weighted by Gasteiger charge is -2.39. The van der Waals surface area contributed by atoms with Crippen molar-refractivity contribution in [3.8, 4) is 0 Å². The second-order valence-corrected chi connectivity index (χ2v) is 7.69. The van der Waals surface area contributed by atoms with E-state index in [0.29, 0.717) is 17.3 Å². The fourth-order valence-corrected chi connectivity index (χ4v) is 4.28. The smallest absolute Gasteiger partial charge is 0.249 e. The molecule has 0 aliphatic carbocycles. The van der Waals surface area contributed by atoms with E-state index in [4.69, 9.17) is 4.52 Å². The van der Waals surface area contributed by atoms with Gasteiger partial charge >= 0.3 is 0 Å². The minimum Gasteiger partial charge on any atom is -0.371 e. The number of aldehydes is 1. The summed E-state index contributed by atoms with van der Waals surface area (Å²) in [5.74, 6) is 1.44. The van der Waals surface area contributed by atoms with Crippen LogP contribution in [0, 0.1) is 12.8 Å². The van der Waals surface area contributed by atoms with Crippen LogP contribution in [0.2, 0.25) is 0 Å². The van der Waals surface area contributed by atoms with Crippen molar-refractivity contribution in [1.82, 2.24) is 15.0 Å². The summed E-state index contributed by atoms with van der Waals surface area (Å²) in [4.78, 5) is 32.7. The lowest BCUT2D eigenvalue weighted by molar-refractivity contribution is -0.140. The summed E-state index contributed by atoms with van der Waals surface area (Å²) in [5, 5.41) is 3.90. The molecular formula is C21H26N4O3. The average molecular weight is 382 g/mol. The molecule has 7 nitrogen and oxygen atoms in total. The van der Waals surface area contributed by atoms with Gasteiger partial charge in [0, 0.05) is 36.8 Å². The van der Waals surface area contributed by atoms with E-state index in [1.165, 1.54) is 0 Å². The molecule has 0 N–H and O–H groups in total. The third-order valence-corrected chi connectivity index (χ3v) is 5.85. The predicted octanol–water partition coefficient (Wildman–Crippen LogP) is 3.16. The van der Waals surface area contributed by atoms with Crippen molar-refractivity contribution in [2.75, 3.05) is 24.5 Å². The van der Waals surface area contributed by atoms with Gasteiger partial charge in [0.15, 0.2) is 5.82 Å². The molecule has 0 saturated carbocycles. The van der Waals surface area contributed by atoms with E-state index in [1.54, 1.807) is 6.92 Å². The molecule has 3 heterocycles. The third-order valence-electron chi connectivity index (χ3n) is 5.85. The zero-order chi connectivity index (χ0) is 19.5. The molecule has 4 rings (SSSR count). The van der Waals surface area contributed by atoms with Crippen LogP contribution in [0.5, 0.6) is 0 Å². The van der Waals surface area contributed by atoms with Crippen LogP contribution < -0.4 is 4.90 Å². The highest BCUT2D eigenvalue weighted by Gasteiger charge is 2.36. The molecule has 1 amide bonds. The van der Waals surface area contributed by atoms with Crippen LogP contribution in [0.25, 0.3) is 0 Å². The molecule has 2 aliphatic heterocycles. The highest BCUT2D eigenvalue weighted by Crippen LogP contribution is 2.33. The summed E-state index contributed by atoms with van der Waals surface area (Å²) in [6.45, 7) is 4.25. The molecule has 1 aromatic carbocycles. The highest BCUT2D eigenvalue weighted by molar-refractivity contribution is 5.80. The molecule has 2 aromatic rings. The van der Waals surface area contributed by atoms with Crippen molar-refractivity contribution >= 4 is 17.9 Å². The molecule has 2 aliphatic rings. The summed E-state index contributed by atoms with van der Waals surface area (Å²) < 4.78 is 5.38. The molecular weight excluding hydrogens is 356 g/mol. The Hall–Kier alpha value is -2.70. The van der Waals surface area contributed by atoms with Crippen molar-refractivity contribution in [2.24, 2.45) is 5.92 Å². The summed E-state index contributed by atoms with van der Waals surface area (Å²) in [6, 6.07) is 7.54. The van der Waals surface area contributed by atoms with E-state index in [1.807, 2.05) is 29.2 Å². The Morgan fingerprint density at radius 2 is 1.86 bits per heavy atom. The Balaban J connectivity index is 1.40. The number of aryl methyl sites for hydroxylation is 1. The van der Waals surface area contributed by atoms with Crippen LogP contribution in [0.4, 0.5) is 5.69 Å². The highest BCUT2D eigenvalue weighted by atomic mass is 16.5. The molecule has 28 heavy (non-hydrogen) atoms. The van der Waals surface area contributed by atoms with Gasteiger partial charge in [-0.2, -0.15) is 4.98 Å². The first-order chi connectivity index (χ1) is 13.7. The van der Waals surface area contributed by atoms with Gasteiger partial charge in [-0.05, 0) is 63.3 Å². The summed E-state index contributed by atoms with van der Waals surface area (Å²) in [5.41, 5.74) is 1.79. The van der Waals surface area contributed by atoms with Gasteiger partial charge in [0.25, 0.3) is 0 Å². The zero-order valence-corrected chi connectivity index (χ0v) is 16.2. The molecule has 0 unspecified atom stereocenters. The van der Waals surface area contributed by atoms with E-state index in [2.05, 4.69) is 15.0 Å². The molecule has 7 heteroatoms. The second kappa shape index (κ2) is 8.12. The number of amides is 1. The number of likely N-dealkylation sites (tertiary alicyclic amines) is 1. The first-order valence-corrected chi connectivity index (χ1v) is 10.1. The van der Waals surface area contributed by atoms with Crippen molar-refractivity contribution < 1.29 is 14.1 Å². The summed E-state index contributed by atoms with van der Waals surface area (Å²) in [7, 11) is 0. The van der Waals surface area contributed by atoms with Gasteiger partial charge in [-0.1, -0.05) is 5.16 Å². The quantitative estimate of drug-likeness (QED) is 0.756. The molecule has 148 valence electrons. The molecule has 2 saturated heterocycles. The molecule has 1 atom stereocenters. The van der Waals surface area contributed by atoms with Crippen LogP contribution in [0.1, 0.15) is 60.2 Å². The van der Waals surface area contributed by atoms with Gasteiger partial charge in [0.1, 0.15) is 12.3 Å². The topological polar surface area (TPSA) is 79.5 Å². The van der Waals surface area contributed by atoms with Gasteiger partial charge in [0.2, 0.25) is 11.8 Å². The van der Waals surface area contributed by atoms with Crippen LogP contribution in [-0.4, -0.2) is 46.9 Å². The van der Waals surface area contributed by atoms with Crippen molar-refractivity contribution in [3.05, 3.63) is 41.5 Å². The number of carbonyl (C=O) groups excluding carboxylic acids is 2. The standard InChI is InChI=1S/C21H26N4O3/c1-15-22-20(28-23-15)19-4-2-3-11-25(19)21(27)17-9-12-24(13-10-17)18-7-5-16(14-26)6-8-18/h5-8,14,17,19H,2-4,9-13H2,1H3/t19-/m0/s1. The predicted molar refractivity (Wildman–Crippen MR) is 104 cm³/mol. The van der Waals surface area contributed by atoms with Crippen molar-refractivity contribution in [1.29, 1.82) is 0 Å². The lowest BCUT2D eigenvalue weighted by atomic mass is 9.92. The van der Waals surface area contributed by atoms with E-state index in [9.17, 15) is 9.59 Å². The van der Waals surface area contributed by atoms with E-state index in [-0.39, 0.29) is 17.9 Å². The van der Waals surface area contributed by atoms with Gasteiger partial charge in [-0.15, -0.1) is 0 Å². The van der Waals surface area contributed by atoms with Gasteiger partial charge in [-0.3, -0.25) is 9.59 Å². The Bertz CT molecular complexity index is 824. The minimum absolute atomic E-state index is 0.0371. The van der Waals surface area contributed by atoms with Gasteiger partial charge < -0.3 is 14.3 Å². The minimum atomic E-state index is -0.0867. The van der Waals surface area contributed by atoms with E-state index >= 15 is 0 Å². The zero-order valence-electron chi connectivity index (χ0n) is 16.2. The fourth-order valence-electron chi connectivity index (χ4n) is 4.28. The Morgan fingerprint density at radius 1 is 1.11 bits per heavy atom. The van der Waals surface area contributed by atoms with Crippen LogP contribution in [0.3, 0.4) is 0 Å². The number of nitrogens with zero attached hydrogens (tertiary/aromatic N) is 4. The molecule has 0 radical (unpaired) electrons. The SMILES string of the molecule is Cc1noc([C@@H]2CCCCN2C(=O)C2CCN(c3ccc(C=O)cc3)CC2)n1. The Labute approximate surface area is 164 Å². The number of anilines is 1. The number of piperidine rings is 2. The van der Waals surface area contributed by atoms with E-state index < -0.39 is 0 Å².